The van der Waals surface area contributed by atoms with E-state index in [-0.39, 0.29) is 36.8 Å². The molecular formula is C18H31Cl2N3O2. The summed E-state index contributed by atoms with van der Waals surface area (Å²) in [6.07, 6.45) is 2.41. The Morgan fingerprint density at radius 1 is 1.36 bits per heavy atom. The maximum atomic E-state index is 11.9. The molecule has 2 unspecified atom stereocenters. The number of carbonyl (C=O) groups excluding carboxylic acids is 1. The normalized spacial score (nSPS) is 18.1. The van der Waals surface area contributed by atoms with Crippen LogP contribution >= 0.6 is 24.8 Å². The first-order chi connectivity index (χ1) is 11.2. The third kappa shape index (κ3) is 8.88. The molecule has 1 aromatic carbocycles. The van der Waals surface area contributed by atoms with Gasteiger partial charge in [-0.2, -0.15) is 0 Å². The fourth-order valence-electron chi connectivity index (χ4n) is 3.01. The van der Waals surface area contributed by atoms with Gasteiger partial charge in [0.2, 0.25) is 5.91 Å². The van der Waals surface area contributed by atoms with E-state index in [9.17, 15) is 4.79 Å². The molecule has 1 aromatic rings. The first-order valence-corrected chi connectivity index (χ1v) is 8.47. The number of amides is 1. The number of benzene rings is 1. The highest BCUT2D eigenvalue weighted by atomic mass is 35.5. The quantitative estimate of drug-likeness (QED) is 0.674. The average Bonchev–Trinajstić information content (AvgIpc) is 3.05. The summed E-state index contributed by atoms with van der Waals surface area (Å²) in [5.74, 6) is 0.582. The predicted octanol–water partition coefficient (Wildman–Crippen LogP) is 1.87. The minimum atomic E-state index is -0.180. The molecule has 1 amide bonds. The molecule has 144 valence electrons. The van der Waals surface area contributed by atoms with Gasteiger partial charge in [0.05, 0.1) is 12.5 Å². The Kier molecular flexibility index (Phi) is 12.9. The van der Waals surface area contributed by atoms with Gasteiger partial charge in [-0.3, -0.25) is 4.79 Å². The number of hydrogen-bond donors (Lipinski definition) is 2. The lowest BCUT2D eigenvalue weighted by Crippen LogP contribution is -2.35. The minimum absolute atomic E-state index is 0. The number of nitrogens with one attached hydrogen (secondary N) is 1. The van der Waals surface area contributed by atoms with Gasteiger partial charge in [0.1, 0.15) is 0 Å². The molecule has 1 saturated heterocycles. The molecule has 1 heterocycles. The van der Waals surface area contributed by atoms with E-state index < -0.39 is 0 Å². The standard InChI is InChI=1S/C18H29N3O2.2ClH/c1-23-17(12-19)11-18(22)20-13-16-8-10-21(14-16)9-7-15-5-3-2-4-6-15;;/h2-6,16-17H,7-14,19H2,1H3,(H,20,22);2*1H. The summed E-state index contributed by atoms with van der Waals surface area (Å²) in [5.41, 5.74) is 6.92. The number of ether oxygens (including phenoxy) is 1. The van der Waals surface area contributed by atoms with Gasteiger partial charge in [-0.25, -0.2) is 0 Å². The maximum Gasteiger partial charge on any atom is 0.222 e. The predicted molar refractivity (Wildman–Crippen MR) is 107 cm³/mol. The van der Waals surface area contributed by atoms with Gasteiger partial charge >= 0.3 is 0 Å². The monoisotopic (exact) mass is 391 g/mol. The Balaban J connectivity index is 0.00000288. The Labute approximate surface area is 163 Å². The molecule has 2 atom stereocenters. The molecule has 0 spiro atoms. The Hall–Kier alpha value is -0.850. The Bertz CT molecular complexity index is 473. The van der Waals surface area contributed by atoms with Crippen LogP contribution in [0.2, 0.25) is 0 Å². The third-order valence-electron chi connectivity index (χ3n) is 4.53. The van der Waals surface area contributed by atoms with E-state index in [1.807, 2.05) is 0 Å². The summed E-state index contributed by atoms with van der Waals surface area (Å²) in [6.45, 7) is 4.41. The van der Waals surface area contributed by atoms with Crippen molar-refractivity contribution in [2.24, 2.45) is 11.7 Å². The molecular weight excluding hydrogens is 361 g/mol. The van der Waals surface area contributed by atoms with Crippen LogP contribution < -0.4 is 11.1 Å². The van der Waals surface area contributed by atoms with Crippen molar-refractivity contribution >= 4 is 30.7 Å². The molecule has 1 aliphatic heterocycles. The highest BCUT2D eigenvalue weighted by Crippen LogP contribution is 2.16. The summed E-state index contributed by atoms with van der Waals surface area (Å²) in [4.78, 5) is 14.3. The summed E-state index contributed by atoms with van der Waals surface area (Å²) < 4.78 is 5.14. The van der Waals surface area contributed by atoms with Crippen LogP contribution in [0.3, 0.4) is 0 Å². The second-order valence-electron chi connectivity index (χ2n) is 6.29. The summed E-state index contributed by atoms with van der Waals surface area (Å²) in [7, 11) is 1.59. The van der Waals surface area contributed by atoms with E-state index in [0.717, 1.165) is 39.0 Å². The molecule has 0 saturated carbocycles. The number of nitrogens with two attached hydrogens (primary N) is 1. The van der Waals surface area contributed by atoms with E-state index in [0.29, 0.717) is 18.9 Å². The Morgan fingerprint density at radius 3 is 2.72 bits per heavy atom. The van der Waals surface area contributed by atoms with Gasteiger partial charge in [-0.1, -0.05) is 30.3 Å². The van der Waals surface area contributed by atoms with Gasteiger partial charge in [0, 0.05) is 33.3 Å². The van der Waals surface area contributed by atoms with Gasteiger partial charge in [-0.15, -0.1) is 24.8 Å². The second kappa shape index (κ2) is 13.4. The SMILES string of the molecule is COC(CN)CC(=O)NCC1CCN(CCc2ccccc2)C1.Cl.Cl. The zero-order valence-electron chi connectivity index (χ0n) is 14.9. The lowest BCUT2D eigenvalue weighted by atomic mass is 10.1. The highest BCUT2D eigenvalue weighted by Gasteiger charge is 2.22. The molecule has 25 heavy (non-hydrogen) atoms. The van der Waals surface area contributed by atoms with Crippen LogP contribution in [-0.2, 0) is 16.0 Å². The van der Waals surface area contributed by atoms with Gasteiger partial charge in [-0.05, 0) is 30.9 Å². The molecule has 0 radical (unpaired) electrons. The molecule has 7 heteroatoms. The number of halogens is 2. The van der Waals surface area contributed by atoms with E-state index in [2.05, 4.69) is 40.5 Å². The first kappa shape index (κ1) is 24.1. The van der Waals surface area contributed by atoms with Crippen LogP contribution in [0.1, 0.15) is 18.4 Å². The van der Waals surface area contributed by atoms with Crippen molar-refractivity contribution in [3.8, 4) is 0 Å². The summed E-state index contributed by atoms with van der Waals surface area (Å²) >= 11 is 0. The molecule has 1 fully saturated rings. The first-order valence-electron chi connectivity index (χ1n) is 8.47. The van der Waals surface area contributed by atoms with Crippen LogP contribution in [0.25, 0.3) is 0 Å². The van der Waals surface area contributed by atoms with Crippen LogP contribution in [0.5, 0.6) is 0 Å². The fourth-order valence-corrected chi connectivity index (χ4v) is 3.01. The molecule has 2 rings (SSSR count). The highest BCUT2D eigenvalue weighted by molar-refractivity contribution is 5.85. The smallest absolute Gasteiger partial charge is 0.222 e. The van der Waals surface area contributed by atoms with E-state index in [1.54, 1.807) is 7.11 Å². The molecule has 0 bridgehead atoms. The molecule has 1 aliphatic rings. The molecule has 0 aromatic heterocycles. The maximum absolute atomic E-state index is 11.9. The number of nitrogens with zero attached hydrogens (tertiary/aromatic N) is 1. The van der Waals surface area contributed by atoms with Crippen molar-refractivity contribution < 1.29 is 9.53 Å². The average molecular weight is 392 g/mol. The number of hydrogen-bond acceptors (Lipinski definition) is 4. The van der Waals surface area contributed by atoms with Crippen molar-refractivity contribution in [3.05, 3.63) is 35.9 Å². The summed E-state index contributed by atoms with van der Waals surface area (Å²) in [6, 6.07) is 10.6. The zero-order chi connectivity index (χ0) is 16.5. The van der Waals surface area contributed by atoms with Gasteiger partial charge < -0.3 is 20.7 Å². The lowest BCUT2D eigenvalue weighted by Gasteiger charge is -2.17. The van der Waals surface area contributed by atoms with Crippen molar-refractivity contribution in [1.82, 2.24) is 10.2 Å². The summed E-state index contributed by atoms with van der Waals surface area (Å²) in [5, 5.41) is 3.02. The van der Waals surface area contributed by atoms with Crippen LogP contribution in [-0.4, -0.2) is 56.7 Å². The topological polar surface area (TPSA) is 67.6 Å². The van der Waals surface area contributed by atoms with Crippen molar-refractivity contribution in [2.45, 2.75) is 25.4 Å². The molecule has 5 nitrogen and oxygen atoms in total. The number of rotatable bonds is 9. The third-order valence-corrected chi connectivity index (χ3v) is 4.53. The van der Waals surface area contributed by atoms with E-state index in [4.69, 9.17) is 10.5 Å². The van der Waals surface area contributed by atoms with Crippen LogP contribution in [0, 0.1) is 5.92 Å². The number of carbonyl (C=O) groups is 1. The van der Waals surface area contributed by atoms with Gasteiger partial charge in [0.25, 0.3) is 0 Å². The number of likely N-dealkylation sites (tertiary alicyclic amines) is 1. The van der Waals surface area contributed by atoms with Gasteiger partial charge in [0.15, 0.2) is 0 Å². The second-order valence-corrected chi connectivity index (χ2v) is 6.29. The molecule has 0 aliphatic carbocycles. The van der Waals surface area contributed by atoms with Crippen molar-refractivity contribution in [3.63, 3.8) is 0 Å². The van der Waals surface area contributed by atoms with E-state index in [1.165, 1.54) is 5.56 Å². The largest absolute Gasteiger partial charge is 0.380 e. The lowest BCUT2D eigenvalue weighted by molar-refractivity contribution is -0.123. The van der Waals surface area contributed by atoms with Crippen molar-refractivity contribution in [2.75, 3.05) is 39.8 Å². The zero-order valence-corrected chi connectivity index (χ0v) is 16.5. The van der Waals surface area contributed by atoms with Crippen LogP contribution in [0.4, 0.5) is 0 Å². The Morgan fingerprint density at radius 2 is 2.08 bits per heavy atom. The van der Waals surface area contributed by atoms with E-state index >= 15 is 0 Å². The van der Waals surface area contributed by atoms with Crippen molar-refractivity contribution in [1.29, 1.82) is 0 Å². The molecule has 3 N–H and O–H groups in total. The minimum Gasteiger partial charge on any atom is -0.380 e. The fraction of sp³-hybridized carbons (Fsp3) is 0.611. The van der Waals surface area contributed by atoms with Crippen LogP contribution in [0.15, 0.2) is 30.3 Å². The number of methoxy groups -OCH3 is 1.